The summed E-state index contributed by atoms with van der Waals surface area (Å²) in [5, 5.41) is 3.33. The fourth-order valence-electron chi connectivity index (χ4n) is 2.74. The molecule has 1 aliphatic carbocycles. The summed E-state index contributed by atoms with van der Waals surface area (Å²) in [6.07, 6.45) is 6.24. The van der Waals surface area contributed by atoms with Crippen molar-refractivity contribution in [2.45, 2.75) is 38.3 Å². The predicted molar refractivity (Wildman–Crippen MR) is 80.7 cm³/mol. The predicted octanol–water partition coefficient (Wildman–Crippen LogP) is 1.99. The molecule has 0 unspecified atom stereocenters. The smallest absolute Gasteiger partial charge is 0.227 e. The van der Waals surface area contributed by atoms with E-state index in [0.717, 1.165) is 44.5 Å². The van der Waals surface area contributed by atoms with E-state index in [4.69, 9.17) is 0 Å². The molecule has 0 bridgehead atoms. The first-order chi connectivity index (χ1) is 9.34. The molecule has 1 N–H and O–H groups in total. The summed E-state index contributed by atoms with van der Waals surface area (Å²) in [6, 6.07) is 6.36. The number of hydrogen-bond donors (Lipinski definition) is 1. The average molecular weight is 296 g/mol. The largest absolute Gasteiger partial charge is 0.334 e. The molecule has 1 atom stereocenters. The van der Waals surface area contributed by atoms with Crippen LogP contribution in [0, 0.1) is 5.92 Å². The van der Waals surface area contributed by atoms with Crippen molar-refractivity contribution < 1.29 is 4.79 Å². The number of halogens is 1. The molecule has 1 amide bonds. The van der Waals surface area contributed by atoms with Crippen molar-refractivity contribution >= 4 is 18.3 Å². The lowest BCUT2D eigenvalue weighted by molar-refractivity contribution is -0.137. The van der Waals surface area contributed by atoms with Gasteiger partial charge in [0.25, 0.3) is 0 Å². The molecule has 20 heavy (non-hydrogen) atoms. The van der Waals surface area contributed by atoms with Crippen molar-refractivity contribution in [1.82, 2.24) is 15.2 Å². The van der Waals surface area contributed by atoms with E-state index >= 15 is 0 Å². The number of carbonyl (C=O) groups is 1. The summed E-state index contributed by atoms with van der Waals surface area (Å²) in [7, 11) is 0. The van der Waals surface area contributed by atoms with Crippen LogP contribution in [0.15, 0.2) is 24.4 Å². The van der Waals surface area contributed by atoms with Crippen LogP contribution in [0.2, 0.25) is 0 Å². The third kappa shape index (κ3) is 3.70. The monoisotopic (exact) mass is 295 g/mol. The summed E-state index contributed by atoms with van der Waals surface area (Å²) < 4.78 is 0. The lowest BCUT2D eigenvalue weighted by Gasteiger charge is -2.29. The molecule has 1 aliphatic heterocycles. The van der Waals surface area contributed by atoms with Crippen molar-refractivity contribution in [1.29, 1.82) is 0 Å². The van der Waals surface area contributed by atoms with E-state index in [1.807, 2.05) is 18.2 Å². The number of pyridine rings is 1. The summed E-state index contributed by atoms with van der Waals surface area (Å²) in [5.41, 5.74) is 0.992. The maximum absolute atomic E-state index is 12.6. The van der Waals surface area contributed by atoms with E-state index in [2.05, 4.69) is 15.2 Å². The number of nitrogens with one attached hydrogen (secondary N) is 1. The highest BCUT2D eigenvalue weighted by atomic mass is 35.5. The number of rotatable bonds is 4. The lowest BCUT2D eigenvalue weighted by atomic mass is 9.98. The quantitative estimate of drug-likeness (QED) is 0.924. The normalized spacial score (nSPS) is 21.9. The van der Waals surface area contributed by atoms with Gasteiger partial charge in [-0.1, -0.05) is 6.07 Å². The van der Waals surface area contributed by atoms with E-state index in [-0.39, 0.29) is 18.3 Å². The van der Waals surface area contributed by atoms with Crippen LogP contribution < -0.4 is 5.32 Å². The molecule has 0 radical (unpaired) electrons. The molecule has 1 aromatic rings. The minimum Gasteiger partial charge on any atom is -0.334 e. The van der Waals surface area contributed by atoms with Crippen LogP contribution in [0.4, 0.5) is 0 Å². The number of hydrogen-bond acceptors (Lipinski definition) is 3. The third-order valence-corrected chi connectivity index (χ3v) is 3.98. The molecule has 0 aromatic carbocycles. The van der Waals surface area contributed by atoms with Crippen molar-refractivity contribution in [3.8, 4) is 0 Å². The van der Waals surface area contributed by atoms with Crippen LogP contribution in [0.1, 0.15) is 31.4 Å². The summed E-state index contributed by atoms with van der Waals surface area (Å²) in [6.45, 7) is 2.55. The molecule has 110 valence electrons. The van der Waals surface area contributed by atoms with Gasteiger partial charge in [0.05, 0.1) is 18.2 Å². The van der Waals surface area contributed by atoms with E-state index in [1.54, 1.807) is 6.20 Å². The Morgan fingerprint density at radius 3 is 2.80 bits per heavy atom. The van der Waals surface area contributed by atoms with Crippen LogP contribution in [-0.2, 0) is 11.3 Å². The van der Waals surface area contributed by atoms with E-state index in [1.165, 1.54) is 0 Å². The Morgan fingerprint density at radius 1 is 1.35 bits per heavy atom. The average Bonchev–Trinajstić information content (AvgIpc) is 3.31. The molecule has 0 spiro atoms. The van der Waals surface area contributed by atoms with E-state index < -0.39 is 0 Å². The molecule has 1 saturated carbocycles. The van der Waals surface area contributed by atoms with Crippen LogP contribution in [0.25, 0.3) is 0 Å². The van der Waals surface area contributed by atoms with Gasteiger partial charge >= 0.3 is 0 Å². The highest BCUT2D eigenvalue weighted by Crippen LogP contribution is 2.30. The fourth-order valence-corrected chi connectivity index (χ4v) is 2.74. The first-order valence-corrected chi connectivity index (χ1v) is 7.25. The van der Waals surface area contributed by atoms with Gasteiger partial charge in [-0.3, -0.25) is 9.78 Å². The molecule has 2 aliphatic rings. The van der Waals surface area contributed by atoms with Gasteiger partial charge in [0, 0.05) is 18.8 Å². The molecule has 2 heterocycles. The van der Waals surface area contributed by atoms with E-state index in [0.29, 0.717) is 18.5 Å². The van der Waals surface area contributed by atoms with Gasteiger partial charge < -0.3 is 10.2 Å². The van der Waals surface area contributed by atoms with Crippen molar-refractivity contribution in [3.63, 3.8) is 0 Å². The van der Waals surface area contributed by atoms with Gasteiger partial charge in [-0.05, 0) is 44.4 Å². The van der Waals surface area contributed by atoms with Crippen molar-refractivity contribution in [2.24, 2.45) is 5.92 Å². The maximum Gasteiger partial charge on any atom is 0.227 e. The zero-order valence-electron chi connectivity index (χ0n) is 11.6. The highest BCUT2D eigenvalue weighted by molar-refractivity contribution is 5.85. The maximum atomic E-state index is 12.6. The Hall–Kier alpha value is -1.13. The molecular formula is C15H22ClN3O. The number of amides is 1. The van der Waals surface area contributed by atoms with Crippen LogP contribution in [0.3, 0.4) is 0 Å². The second kappa shape index (κ2) is 7.04. The van der Waals surface area contributed by atoms with Crippen LogP contribution >= 0.6 is 12.4 Å². The SMILES string of the molecule is Cl.O=C([C@@H]1CCCNC1)N(Cc1ccccn1)C1CC1. The second-order valence-electron chi connectivity index (χ2n) is 5.56. The highest BCUT2D eigenvalue weighted by Gasteiger charge is 2.36. The van der Waals surface area contributed by atoms with Crippen LogP contribution in [0.5, 0.6) is 0 Å². The summed E-state index contributed by atoms with van der Waals surface area (Å²) in [4.78, 5) is 19.0. The minimum atomic E-state index is 0. The van der Waals surface area contributed by atoms with Gasteiger partial charge in [0.2, 0.25) is 5.91 Å². The Balaban J connectivity index is 0.00000147. The minimum absolute atomic E-state index is 0. The molecule has 4 nitrogen and oxygen atoms in total. The fraction of sp³-hybridized carbons (Fsp3) is 0.600. The lowest BCUT2D eigenvalue weighted by Crippen LogP contribution is -2.43. The second-order valence-corrected chi connectivity index (χ2v) is 5.56. The van der Waals surface area contributed by atoms with E-state index in [9.17, 15) is 4.79 Å². The molecule has 2 fully saturated rings. The number of nitrogens with zero attached hydrogens (tertiary/aromatic N) is 2. The van der Waals surface area contributed by atoms with Crippen molar-refractivity contribution in [2.75, 3.05) is 13.1 Å². The van der Waals surface area contributed by atoms with Crippen LogP contribution in [-0.4, -0.2) is 34.9 Å². The van der Waals surface area contributed by atoms with Gasteiger partial charge in [-0.25, -0.2) is 0 Å². The molecule has 3 rings (SSSR count). The Labute approximate surface area is 126 Å². The third-order valence-electron chi connectivity index (χ3n) is 3.98. The summed E-state index contributed by atoms with van der Waals surface area (Å²) >= 11 is 0. The van der Waals surface area contributed by atoms with Gasteiger partial charge in [0.1, 0.15) is 0 Å². The first-order valence-electron chi connectivity index (χ1n) is 7.25. The molecule has 1 aromatic heterocycles. The number of piperidine rings is 1. The molecule has 1 saturated heterocycles. The standard InChI is InChI=1S/C15H21N3O.ClH/c19-15(12-4-3-8-16-10-12)18(14-6-7-14)11-13-5-1-2-9-17-13;/h1-2,5,9,12,14,16H,3-4,6-8,10-11H2;1H/t12-;/m1./s1. The molecule has 5 heteroatoms. The first kappa shape index (κ1) is 15.3. The molecular weight excluding hydrogens is 274 g/mol. The Kier molecular flexibility index (Phi) is 5.38. The van der Waals surface area contributed by atoms with Gasteiger partial charge in [-0.2, -0.15) is 0 Å². The number of aromatic nitrogens is 1. The Bertz CT molecular complexity index is 430. The Morgan fingerprint density at radius 2 is 2.20 bits per heavy atom. The van der Waals surface area contributed by atoms with Gasteiger partial charge in [0.15, 0.2) is 0 Å². The number of carbonyl (C=O) groups excluding carboxylic acids is 1. The topological polar surface area (TPSA) is 45.2 Å². The summed E-state index contributed by atoms with van der Waals surface area (Å²) in [5.74, 6) is 0.485. The zero-order chi connectivity index (χ0) is 13.1. The van der Waals surface area contributed by atoms with Gasteiger partial charge in [-0.15, -0.1) is 12.4 Å². The zero-order valence-corrected chi connectivity index (χ0v) is 12.4. The van der Waals surface area contributed by atoms with Crippen molar-refractivity contribution in [3.05, 3.63) is 30.1 Å².